The van der Waals surface area contributed by atoms with Crippen molar-refractivity contribution in [3.05, 3.63) is 95.7 Å². The summed E-state index contributed by atoms with van der Waals surface area (Å²) in [7, 11) is 2.18. The average molecular weight is 426 g/mol. The van der Waals surface area contributed by atoms with Crippen LogP contribution in [0.4, 0.5) is 0 Å². The van der Waals surface area contributed by atoms with E-state index < -0.39 is 0 Å². The third-order valence-corrected chi connectivity index (χ3v) is 7.53. The molecule has 158 valence electrons. The minimum atomic E-state index is 1.25. The molecule has 0 N–H and O–H groups in total. The predicted molar refractivity (Wildman–Crippen MR) is 139 cm³/mol. The highest BCUT2D eigenvalue weighted by Crippen LogP contribution is 2.42. The molecule has 4 aromatic carbocycles. The Morgan fingerprint density at radius 2 is 1.52 bits per heavy atom. The van der Waals surface area contributed by atoms with Crippen LogP contribution in [-0.4, -0.2) is 4.40 Å². The van der Waals surface area contributed by atoms with E-state index in [4.69, 9.17) is 0 Å². The molecular weight excluding hydrogens is 400 g/mol. The van der Waals surface area contributed by atoms with E-state index in [-0.39, 0.29) is 0 Å². The zero-order valence-electron chi connectivity index (χ0n) is 19.4. The van der Waals surface area contributed by atoms with Crippen molar-refractivity contribution in [1.29, 1.82) is 0 Å². The largest absolute Gasteiger partial charge is 0.307 e. The van der Waals surface area contributed by atoms with Crippen LogP contribution in [0.2, 0.25) is 0 Å². The van der Waals surface area contributed by atoms with Gasteiger partial charge in [-0.25, -0.2) is 4.57 Å². The first-order valence-electron chi connectivity index (χ1n) is 11.6. The third-order valence-electron chi connectivity index (χ3n) is 7.53. The van der Waals surface area contributed by atoms with E-state index >= 15 is 0 Å². The fourth-order valence-electron chi connectivity index (χ4n) is 5.82. The van der Waals surface area contributed by atoms with Gasteiger partial charge in [-0.1, -0.05) is 42.0 Å². The first-order valence-corrected chi connectivity index (χ1v) is 11.6. The zero-order chi connectivity index (χ0) is 22.4. The molecule has 0 atom stereocenters. The topological polar surface area (TPSA) is 8.29 Å². The number of fused-ring (bicyclic) bond motifs is 5. The summed E-state index contributed by atoms with van der Waals surface area (Å²) in [6.07, 6.45) is 2.21. The van der Waals surface area contributed by atoms with Crippen molar-refractivity contribution in [3.63, 3.8) is 0 Å². The second-order valence-corrected chi connectivity index (χ2v) is 9.55. The fourth-order valence-corrected chi connectivity index (χ4v) is 5.82. The van der Waals surface area contributed by atoms with Crippen molar-refractivity contribution in [3.8, 4) is 11.1 Å². The summed E-state index contributed by atoms with van der Waals surface area (Å²) in [5.41, 5.74) is 11.7. The summed E-state index contributed by atoms with van der Waals surface area (Å²) >= 11 is 0. The molecule has 2 nitrogen and oxygen atoms in total. The summed E-state index contributed by atoms with van der Waals surface area (Å²) in [4.78, 5) is 0. The Labute approximate surface area is 192 Å². The van der Waals surface area contributed by atoms with Gasteiger partial charge in [-0.2, -0.15) is 0 Å². The molecule has 0 fully saturated rings. The smallest absolute Gasteiger partial charge is 0.224 e. The van der Waals surface area contributed by atoms with Crippen molar-refractivity contribution < 1.29 is 4.57 Å². The lowest BCUT2D eigenvalue weighted by molar-refractivity contribution is -0.643. The molecule has 0 spiro atoms. The standard InChI is InChI=1S/C31H25N2/c1-18-10-11-26-24(14-18)25-15-19(2)20(3)28-30(25)33(26)27-17-23(21-8-6-5-7-9-21)16-22-12-13-32(4)31(28)29(22)27/h5-17H,1-4H3/q+1. The van der Waals surface area contributed by atoms with E-state index in [0.717, 1.165) is 0 Å². The minimum Gasteiger partial charge on any atom is -0.307 e. The monoisotopic (exact) mass is 425 g/mol. The highest BCUT2D eigenvalue weighted by molar-refractivity contribution is 6.26. The lowest BCUT2D eigenvalue weighted by Crippen LogP contribution is -2.29. The Morgan fingerprint density at radius 3 is 2.33 bits per heavy atom. The molecule has 3 aromatic heterocycles. The zero-order valence-corrected chi connectivity index (χ0v) is 19.4. The highest BCUT2D eigenvalue weighted by Gasteiger charge is 2.25. The Morgan fingerprint density at radius 1 is 0.697 bits per heavy atom. The van der Waals surface area contributed by atoms with Crippen LogP contribution >= 0.6 is 0 Å². The molecule has 7 rings (SSSR count). The molecule has 7 aromatic rings. The maximum absolute atomic E-state index is 2.52. The van der Waals surface area contributed by atoms with Gasteiger partial charge in [0.15, 0.2) is 6.20 Å². The summed E-state index contributed by atoms with van der Waals surface area (Å²) in [5, 5.41) is 6.67. The molecule has 33 heavy (non-hydrogen) atoms. The molecule has 0 aliphatic rings. The molecule has 0 amide bonds. The van der Waals surface area contributed by atoms with Gasteiger partial charge < -0.3 is 4.40 Å². The average Bonchev–Trinajstić information content (AvgIpc) is 3.14. The summed E-state index contributed by atoms with van der Waals surface area (Å²) in [5.74, 6) is 0. The molecule has 0 bridgehead atoms. The van der Waals surface area contributed by atoms with Crippen molar-refractivity contribution in [2.75, 3.05) is 0 Å². The van der Waals surface area contributed by atoms with Crippen molar-refractivity contribution in [1.82, 2.24) is 4.40 Å². The molecule has 0 radical (unpaired) electrons. The maximum atomic E-state index is 2.52. The van der Waals surface area contributed by atoms with Crippen LogP contribution in [0.3, 0.4) is 0 Å². The van der Waals surface area contributed by atoms with Crippen LogP contribution in [0, 0.1) is 20.8 Å². The molecular formula is C31H25N2+. The van der Waals surface area contributed by atoms with Gasteiger partial charge in [0, 0.05) is 16.8 Å². The number of hydrogen-bond acceptors (Lipinski definition) is 0. The quantitative estimate of drug-likeness (QED) is 0.147. The summed E-state index contributed by atoms with van der Waals surface area (Å²) < 4.78 is 4.83. The number of pyridine rings is 2. The molecule has 0 aliphatic carbocycles. The first kappa shape index (κ1) is 18.6. The van der Waals surface area contributed by atoms with Crippen LogP contribution in [-0.2, 0) is 7.05 Å². The number of nitrogens with zero attached hydrogens (tertiary/aromatic N) is 2. The third kappa shape index (κ3) is 2.36. The van der Waals surface area contributed by atoms with Gasteiger partial charge in [-0.15, -0.1) is 0 Å². The van der Waals surface area contributed by atoms with Gasteiger partial charge in [-0.05, 0) is 78.7 Å². The van der Waals surface area contributed by atoms with E-state index in [9.17, 15) is 0 Å². The van der Waals surface area contributed by atoms with Crippen LogP contribution in [0.5, 0.6) is 0 Å². The Hall–Kier alpha value is -3.91. The minimum absolute atomic E-state index is 1.25. The molecule has 0 saturated carbocycles. The van der Waals surface area contributed by atoms with Crippen molar-refractivity contribution >= 4 is 49.0 Å². The number of benzene rings is 4. The lowest BCUT2D eigenvalue weighted by atomic mass is 9.94. The van der Waals surface area contributed by atoms with Gasteiger partial charge in [0.2, 0.25) is 5.52 Å². The van der Waals surface area contributed by atoms with E-state index in [1.807, 2.05) is 0 Å². The fraction of sp³-hybridized carbons (Fsp3) is 0.129. The van der Waals surface area contributed by atoms with Crippen LogP contribution in [0.1, 0.15) is 16.7 Å². The molecule has 0 unspecified atom stereocenters. The Balaban J connectivity index is 1.86. The van der Waals surface area contributed by atoms with Gasteiger partial charge in [0.25, 0.3) is 0 Å². The number of rotatable bonds is 1. The Bertz CT molecular complexity index is 1890. The second-order valence-electron chi connectivity index (χ2n) is 9.55. The van der Waals surface area contributed by atoms with E-state index in [1.165, 1.54) is 76.8 Å². The molecule has 3 heterocycles. The summed E-state index contributed by atoms with van der Waals surface area (Å²) in [6, 6.07) is 27.0. The van der Waals surface area contributed by atoms with E-state index in [2.05, 4.69) is 116 Å². The number of aryl methyl sites for hydroxylation is 4. The summed E-state index contributed by atoms with van der Waals surface area (Å²) in [6.45, 7) is 6.71. The normalized spacial score (nSPS) is 12.2. The van der Waals surface area contributed by atoms with Crippen molar-refractivity contribution in [2.24, 2.45) is 7.05 Å². The Kier molecular flexibility index (Phi) is 3.57. The van der Waals surface area contributed by atoms with E-state index in [0.29, 0.717) is 0 Å². The van der Waals surface area contributed by atoms with Crippen LogP contribution in [0.15, 0.2) is 79.0 Å². The lowest BCUT2D eigenvalue weighted by Gasteiger charge is -2.15. The molecule has 0 saturated heterocycles. The van der Waals surface area contributed by atoms with Crippen LogP contribution < -0.4 is 4.57 Å². The SMILES string of the molecule is Cc1ccc2c(c1)c1cc(C)c(C)c3c1n2c1cc(-c2ccccc2)cc2cc[n+](C)c3c21. The molecule has 2 heteroatoms. The number of aromatic nitrogens is 2. The number of hydrogen-bond donors (Lipinski definition) is 0. The van der Waals surface area contributed by atoms with Crippen LogP contribution in [0.25, 0.3) is 60.1 Å². The highest BCUT2D eigenvalue weighted by atomic mass is 15.0. The van der Waals surface area contributed by atoms with Crippen molar-refractivity contribution in [2.45, 2.75) is 20.8 Å². The first-order chi connectivity index (χ1) is 16.0. The second kappa shape index (κ2) is 6.32. The van der Waals surface area contributed by atoms with Gasteiger partial charge in [0.1, 0.15) is 7.05 Å². The van der Waals surface area contributed by atoms with E-state index in [1.54, 1.807) is 0 Å². The maximum Gasteiger partial charge on any atom is 0.224 e. The predicted octanol–water partition coefficient (Wildman–Crippen LogP) is 7.41. The molecule has 0 aliphatic heterocycles. The van der Waals surface area contributed by atoms with Gasteiger partial charge in [0.05, 0.1) is 27.3 Å². The van der Waals surface area contributed by atoms with Gasteiger partial charge >= 0.3 is 0 Å². The van der Waals surface area contributed by atoms with Gasteiger partial charge in [-0.3, -0.25) is 0 Å².